The van der Waals surface area contributed by atoms with Gasteiger partial charge in [0, 0.05) is 21.7 Å². The van der Waals surface area contributed by atoms with Crippen LogP contribution in [-0.2, 0) is 0 Å². The van der Waals surface area contributed by atoms with Gasteiger partial charge in [0.05, 0.1) is 0 Å². The number of benzene rings is 5. The summed E-state index contributed by atoms with van der Waals surface area (Å²) >= 11 is 0. The van der Waals surface area contributed by atoms with Crippen molar-refractivity contribution in [3.05, 3.63) is 175 Å². The summed E-state index contributed by atoms with van der Waals surface area (Å²) in [6, 6.07) is 37.2. The first kappa shape index (κ1) is 32.6. The van der Waals surface area contributed by atoms with Gasteiger partial charge in [-0.2, -0.15) is 0 Å². The van der Waals surface area contributed by atoms with Gasteiger partial charge in [0.1, 0.15) is 23.0 Å². The van der Waals surface area contributed by atoms with Crippen LogP contribution in [0.15, 0.2) is 121 Å². The fraction of sp³-hybridized carbons (Fsp3) is 0.118. The Bertz CT molecular complexity index is 1410. The van der Waals surface area contributed by atoms with Gasteiger partial charge in [-0.25, -0.2) is 0 Å². The second kappa shape index (κ2) is 15.4. The number of hydrogen-bond donors (Lipinski definition) is 4. The predicted octanol–water partition coefficient (Wildman–Crippen LogP) is 6.66. The molecule has 10 nitrogen and oxygen atoms in total. The molecule has 226 valence electrons. The van der Waals surface area contributed by atoms with Crippen molar-refractivity contribution in [2.75, 3.05) is 14.1 Å². The first-order valence-electron chi connectivity index (χ1n) is 13.4. The van der Waals surface area contributed by atoms with E-state index in [0.29, 0.717) is 0 Å². The van der Waals surface area contributed by atoms with Crippen molar-refractivity contribution in [1.29, 1.82) is 0 Å². The molecule has 4 N–H and O–H groups in total. The van der Waals surface area contributed by atoms with Crippen molar-refractivity contribution in [2.24, 2.45) is 0 Å². The summed E-state index contributed by atoms with van der Waals surface area (Å²) < 4.78 is 0. The highest BCUT2D eigenvalue weighted by molar-refractivity contribution is 5.49. The molecule has 0 atom stereocenters. The Kier molecular flexibility index (Phi) is 11.4. The van der Waals surface area contributed by atoms with Gasteiger partial charge in [0.25, 0.3) is 0 Å². The molecule has 0 aliphatic heterocycles. The van der Waals surface area contributed by atoms with Crippen LogP contribution in [0.25, 0.3) is 0 Å². The number of aromatic hydroxyl groups is 4. The lowest BCUT2D eigenvalue weighted by Gasteiger charge is -2.22. The van der Waals surface area contributed by atoms with Crippen LogP contribution in [0.1, 0.15) is 45.2 Å². The second-order valence-corrected chi connectivity index (χ2v) is 9.78. The summed E-state index contributed by atoms with van der Waals surface area (Å²) in [5.41, 5.74) is 6.26. The highest BCUT2D eigenvalue weighted by Crippen LogP contribution is 2.37. The molecular formula is C34H32N2O8. The number of nitro groups is 2. The van der Waals surface area contributed by atoms with E-state index in [9.17, 15) is 20.4 Å². The van der Waals surface area contributed by atoms with Gasteiger partial charge in [-0.05, 0) is 81.9 Å². The van der Waals surface area contributed by atoms with Crippen LogP contribution in [0.5, 0.6) is 23.0 Å². The van der Waals surface area contributed by atoms with Crippen LogP contribution in [0.3, 0.4) is 0 Å². The summed E-state index contributed by atoms with van der Waals surface area (Å²) in [6.07, 6.45) is 0. The summed E-state index contributed by atoms with van der Waals surface area (Å²) in [4.78, 5) is 16.6. The molecule has 0 saturated heterocycles. The summed E-state index contributed by atoms with van der Waals surface area (Å²) in [5, 5.41) is 56.8. The van der Waals surface area contributed by atoms with Gasteiger partial charge in [0.15, 0.2) is 14.1 Å². The third-order valence-electron chi connectivity index (χ3n) is 6.51. The van der Waals surface area contributed by atoms with E-state index in [1.54, 1.807) is 48.5 Å². The molecule has 0 saturated carbocycles. The van der Waals surface area contributed by atoms with Crippen LogP contribution in [0.4, 0.5) is 0 Å². The van der Waals surface area contributed by atoms with Crippen molar-refractivity contribution in [3.8, 4) is 23.0 Å². The molecule has 0 fully saturated rings. The molecule has 0 amide bonds. The molecule has 5 aromatic rings. The van der Waals surface area contributed by atoms with E-state index in [4.69, 9.17) is 20.2 Å². The van der Waals surface area contributed by atoms with Gasteiger partial charge in [0.2, 0.25) is 0 Å². The maximum atomic E-state index is 9.80. The monoisotopic (exact) mass is 596 g/mol. The Morgan fingerprint density at radius 3 is 0.636 bits per heavy atom. The first-order valence-corrected chi connectivity index (χ1v) is 13.4. The van der Waals surface area contributed by atoms with Crippen LogP contribution >= 0.6 is 0 Å². The van der Waals surface area contributed by atoms with Crippen LogP contribution in [-0.4, -0.2) is 44.4 Å². The van der Waals surface area contributed by atoms with E-state index in [2.05, 4.69) is 24.3 Å². The molecule has 0 aromatic heterocycles. The van der Waals surface area contributed by atoms with E-state index < -0.39 is 9.85 Å². The third-order valence-corrected chi connectivity index (χ3v) is 6.51. The molecule has 0 aliphatic rings. The Morgan fingerprint density at radius 2 is 0.500 bits per heavy atom. The minimum atomic E-state index is -0.500. The van der Waals surface area contributed by atoms with E-state index in [1.807, 2.05) is 48.5 Å². The minimum Gasteiger partial charge on any atom is -0.508 e. The van der Waals surface area contributed by atoms with E-state index >= 15 is 0 Å². The lowest BCUT2D eigenvalue weighted by Crippen LogP contribution is -2.06. The van der Waals surface area contributed by atoms with Crippen LogP contribution < -0.4 is 0 Å². The zero-order chi connectivity index (χ0) is 32.2. The summed E-state index contributed by atoms with van der Waals surface area (Å²) in [5.74, 6) is 0.684. The van der Waals surface area contributed by atoms with Crippen LogP contribution in [0, 0.1) is 20.2 Å². The predicted molar refractivity (Wildman–Crippen MR) is 167 cm³/mol. The molecule has 44 heavy (non-hydrogen) atoms. The van der Waals surface area contributed by atoms with Gasteiger partial charge in [-0.1, -0.05) is 72.8 Å². The Morgan fingerprint density at radius 1 is 0.386 bits per heavy atom. The number of rotatable bonds is 6. The highest BCUT2D eigenvalue weighted by atomic mass is 16.6. The van der Waals surface area contributed by atoms with Gasteiger partial charge in [-0.15, -0.1) is 0 Å². The molecule has 10 heteroatoms. The topological polar surface area (TPSA) is 167 Å². The molecule has 0 aliphatic carbocycles. The van der Waals surface area contributed by atoms with E-state index in [1.165, 1.54) is 0 Å². The molecule has 0 heterocycles. The highest BCUT2D eigenvalue weighted by Gasteiger charge is 2.20. The molecule has 0 unspecified atom stereocenters. The number of phenols is 4. The lowest BCUT2D eigenvalue weighted by atomic mass is 9.81. The molecule has 5 aromatic carbocycles. The van der Waals surface area contributed by atoms with E-state index in [-0.39, 0.29) is 34.8 Å². The Hall–Kier alpha value is -5.90. The fourth-order valence-electron chi connectivity index (χ4n) is 4.70. The largest absolute Gasteiger partial charge is 0.508 e. The molecule has 0 radical (unpaired) electrons. The first-order chi connectivity index (χ1) is 20.9. The third kappa shape index (κ3) is 9.59. The fourth-order valence-corrected chi connectivity index (χ4v) is 4.70. The van der Waals surface area contributed by atoms with Crippen molar-refractivity contribution >= 4 is 0 Å². The maximum Gasteiger partial charge on any atom is 0.194 e. The summed E-state index contributed by atoms with van der Waals surface area (Å²) in [6.45, 7) is 0. The molecular weight excluding hydrogens is 564 g/mol. The average molecular weight is 597 g/mol. The Balaban J connectivity index is 0.000000592. The minimum absolute atomic E-state index is 0.0824. The average Bonchev–Trinajstić information content (AvgIpc) is 2.97. The quantitative estimate of drug-likeness (QED) is 0.0959. The van der Waals surface area contributed by atoms with E-state index in [0.717, 1.165) is 47.5 Å². The van der Waals surface area contributed by atoms with Gasteiger partial charge in [-0.3, -0.25) is 20.2 Å². The van der Waals surface area contributed by atoms with Gasteiger partial charge < -0.3 is 20.4 Å². The van der Waals surface area contributed by atoms with Crippen molar-refractivity contribution in [2.45, 2.75) is 11.8 Å². The number of phenolic OH excluding ortho intramolecular Hbond substituents is 4. The van der Waals surface area contributed by atoms with Gasteiger partial charge >= 0.3 is 0 Å². The lowest BCUT2D eigenvalue weighted by molar-refractivity contribution is -0.445. The Labute approximate surface area is 254 Å². The zero-order valence-corrected chi connectivity index (χ0v) is 24.0. The maximum absolute atomic E-state index is 9.80. The second-order valence-electron chi connectivity index (χ2n) is 9.78. The SMILES string of the molecule is C[N+](=O)[O-].C[N+](=O)[O-].Oc1ccc(C(c2ccc(O)cc2)c2ccc(C(c3ccc(O)cc3)c3ccc(O)cc3)cc2)cc1. The smallest absolute Gasteiger partial charge is 0.194 e. The molecule has 0 bridgehead atoms. The van der Waals surface area contributed by atoms with Crippen molar-refractivity contribution in [1.82, 2.24) is 0 Å². The molecule has 0 spiro atoms. The normalized spacial score (nSPS) is 10.3. The van der Waals surface area contributed by atoms with Crippen molar-refractivity contribution in [3.63, 3.8) is 0 Å². The van der Waals surface area contributed by atoms with Crippen molar-refractivity contribution < 1.29 is 30.3 Å². The standard InChI is InChI=1S/C32H26O4.2CH3NO2/c33-27-13-5-23(6-14-27)31(24-7-15-28(34)16-8-24)21-1-2-22(4-3-21)32(25-9-17-29(35)18-10-25)26-11-19-30(36)20-12-26;2*1-2(3)4/h1-20,31-36H;2*1H3. The summed E-state index contributed by atoms with van der Waals surface area (Å²) in [7, 11) is 1.78. The zero-order valence-electron chi connectivity index (χ0n) is 24.0. The number of hydrogen-bond acceptors (Lipinski definition) is 8. The number of nitrogens with zero attached hydrogens (tertiary/aromatic N) is 2. The molecule has 5 rings (SSSR count). The van der Waals surface area contributed by atoms with Crippen LogP contribution in [0.2, 0.25) is 0 Å².